The number of hydrogen-bond donors (Lipinski definition) is 1. The third-order valence-electron chi connectivity index (χ3n) is 2.50. The summed E-state index contributed by atoms with van der Waals surface area (Å²) in [5, 5.41) is 9.50. The van der Waals surface area contributed by atoms with Crippen LogP contribution in [0.5, 0.6) is 11.5 Å². The summed E-state index contributed by atoms with van der Waals surface area (Å²) in [5.41, 5.74) is 7.71. The third-order valence-corrected chi connectivity index (χ3v) is 2.73. The normalized spacial score (nSPS) is 9.83. The van der Waals surface area contributed by atoms with E-state index < -0.39 is 0 Å². The molecule has 0 unspecified atom stereocenters. The van der Waals surface area contributed by atoms with E-state index in [1.807, 2.05) is 13.0 Å². The van der Waals surface area contributed by atoms with E-state index in [9.17, 15) is 0 Å². The number of aryl methyl sites for hydroxylation is 1. The maximum Gasteiger partial charge on any atom is 0.151 e. The monoisotopic (exact) mass is 258 g/mol. The van der Waals surface area contributed by atoms with Crippen LogP contribution in [0.1, 0.15) is 11.1 Å². The minimum absolute atomic E-state index is 0.472. The lowest BCUT2D eigenvalue weighted by Crippen LogP contribution is -1.94. The standard InChI is InChI=1S/C14H11ClN2O/c1-9-6-11(15)3-5-13(9)18-14-7-10(8-16)2-4-12(14)17/h2-7H,17H2,1H3. The Morgan fingerprint density at radius 2 is 1.94 bits per heavy atom. The molecule has 0 saturated carbocycles. The lowest BCUT2D eigenvalue weighted by Gasteiger charge is -2.11. The van der Waals surface area contributed by atoms with Gasteiger partial charge in [-0.25, -0.2) is 0 Å². The number of nitrogens with zero attached hydrogens (tertiary/aromatic N) is 1. The number of benzene rings is 2. The highest BCUT2D eigenvalue weighted by Crippen LogP contribution is 2.31. The van der Waals surface area contributed by atoms with Gasteiger partial charge in [0, 0.05) is 11.1 Å². The topological polar surface area (TPSA) is 59.0 Å². The predicted molar refractivity (Wildman–Crippen MR) is 71.8 cm³/mol. The molecule has 0 bridgehead atoms. The van der Waals surface area contributed by atoms with Crippen LogP contribution in [0.25, 0.3) is 0 Å². The van der Waals surface area contributed by atoms with Crippen molar-refractivity contribution in [3.05, 3.63) is 52.5 Å². The van der Waals surface area contributed by atoms with Crippen molar-refractivity contribution in [2.24, 2.45) is 0 Å². The molecule has 3 nitrogen and oxygen atoms in total. The van der Waals surface area contributed by atoms with Crippen molar-refractivity contribution in [1.29, 1.82) is 5.26 Å². The van der Waals surface area contributed by atoms with Crippen LogP contribution in [0.4, 0.5) is 5.69 Å². The van der Waals surface area contributed by atoms with E-state index in [1.165, 1.54) is 0 Å². The Hall–Kier alpha value is -2.18. The fourth-order valence-electron chi connectivity index (χ4n) is 1.54. The van der Waals surface area contributed by atoms with Crippen LogP contribution in [0.15, 0.2) is 36.4 Å². The van der Waals surface area contributed by atoms with Crippen LogP contribution in [-0.2, 0) is 0 Å². The molecule has 2 aromatic carbocycles. The maximum atomic E-state index is 8.85. The molecule has 0 saturated heterocycles. The van der Waals surface area contributed by atoms with Crippen LogP contribution >= 0.6 is 11.6 Å². The number of nitrogen functional groups attached to an aromatic ring is 1. The van der Waals surface area contributed by atoms with E-state index in [4.69, 9.17) is 27.3 Å². The number of rotatable bonds is 2. The highest BCUT2D eigenvalue weighted by molar-refractivity contribution is 6.30. The van der Waals surface area contributed by atoms with Crippen LogP contribution in [0.2, 0.25) is 5.02 Å². The number of hydrogen-bond acceptors (Lipinski definition) is 3. The minimum Gasteiger partial charge on any atom is -0.455 e. The van der Waals surface area contributed by atoms with Crippen molar-refractivity contribution >= 4 is 17.3 Å². The molecule has 0 fully saturated rings. The van der Waals surface area contributed by atoms with Crippen molar-refractivity contribution in [1.82, 2.24) is 0 Å². The zero-order valence-corrected chi connectivity index (χ0v) is 10.5. The van der Waals surface area contributed by atoms with Crippen molar-refractivity contribution in [2.75, 3.05) is 5.73 Å². The molecule has 4 heteroatoms. The number of halogens is 1. The van der Waals surface area contributed by atoms with E-state index in [2.05, 4.69) is 0 Å². The van der Waals surface area contributed by atoms with Gasteiger partial charge < -0.3 is 10.5 Å². The van der Waals surface area contributed by atoms with Crippen molar-refractivity contribution < 1.29 is 4.74 Å². The molecule has 18 heavy (non-hydrogen) atoms. The van der Waals surface area contributed by atoms with Crippen LogP contribution in [-0.4, -0.2) is 0 Å². The number of anilines is 1. The first-order chi connectivity index (χ1) is 8.60. The van der Waals surface area contributed by atoms with E-state index in [0.717, 1.165) is 5.56 Å². The van der Waals surface area contributed by atoms with E-state index in [0.29, 0.717) is 27.8 Å². The summed E-state index contributed by atoms with van der Waals surface area (Å²) in [6.45, 7) is 1.89. The zero-order chi connectivity index (χ0) is 13.1. The van der Waals surface area contributed by atoms with Gasteiger partial charge in [-0.3, -0.25) is 0 Å². The van der Waals surface area contributed by atoms with Gasteiger partial charge in [-0.2, -0.15) is 5.26 Å². The summed E-state index contributed by atoms with van der Waals surface area (Å²) in [5.74, 6) is 1.14. The average molecular weight is 259 g/mol. The summed E-state index contributed by atoms with van der Waals surface area (Å²) in [6.07, 6.45) is 0. The summed E-state index contributed by atoms with van der Waals surface area (Å²) < 4.78 is 5.70. The molecule has 0 aliphatic heterocycles. The predicted octanol–water partition coefficient (Wildman–Crippen LogP) is 3.89. The van der Waals surface area contributed by atoms with Crippen molar-refractivity contribution in [3.63, 3.8) is 0 Å². The Bertz CT molecular complexity index is 632. The van der Waals surface area contributed by atoms with Gasteiger partial charge in [0.1, 0.15) is 5.75 Å². The Balaban J connectivity index is 2.37. The highest BCUT2D eigenvalue weighted by atomic mass is 35.5. The minimum atomic E-state index is 0.472. The first-order valence-corrected chi connectivity index (χ1v) is 5.71. The maximum absolute atomic E-state index is 8.85. The molecule has 0 spiro atoms. The lowest BCUT2D eigenvalue weighted by atomic mass is 10.2. The second-order valence-corrected chi connectivity index (χ2v) is 4.31. The SMILES string of the molecule is Cc1cc(Cl)ccc1Oc1cc(C#N)ccc1N. The average Bonchev–Trinajstić information content (AvgIpc) is 2.35. The molecule has 2 rings (SSSR count). The first kappa shape index (κ1) is 12.3. The molecule has 0 atom stereocenters. The zero-order valence-electron chi connectivity index (χ0n) is 9.77. The van der Waals surface area contributed by atoms with Gasteiger partial charge in [-0.1, -0.05) is 11.6 Å². The van der Waals surface area contributed by atoms with E-state index >= 15 is 0 Å². The summed E-state index contributed by atoms with van der Waals surface area (Å²) in [4.78, 5) is 0. The number of nitrogens with two attached hydrogens (primary N) is 1. The quantitative estimate of drug-likeness (QED) is 0.831. The molecule has 0 heterocycles. The van der Waals surface area contributed by atoms with Crippen LogP contribution in [0.3, 0.4) is 0 Å². The number of nitriles is 1. The Morgan fingerprint density at radius 1 is 1.17 bits per heavy atom. The Morgan fingerprint density at radius 3 is 2.61 bits per heavy atom. The fourth-order valence-corrected chi connectivity index (χ4v) is 1.76. The second-order valence-electron chi connectivity index (χ2n) is 3.88. The van der Waals surface area contributed by atoms with Gasteiger partial charge in [0.05, 0.1) is 17.3 Å². The van der Waals surface area contributed by atoms with Crippen LogP contribution in [0, 0.1) is 18.3 Å². The summed E-state index contributed by atoms with van der Waals surface area (Å²) in [7, 11) is 0. The molecule has 2 aromatic rings. The summed E-state index contributed by atoms with van der Waals surface area (Å²) >= 11 is 5.88. The second kappa shape index (κ2) is 4.99. The fraction of sp³-hybridized carbons (Fsp3) is 0.0714. The molecule has 0 aliphatic rings. The summed E-state index contributed by atoms with van der Waals surface area (Å²) in [6, 6.07) is 12.3. The number of ether oxygens (including phenoxy) is 1. The molecular formula is C14H11ClN2O. The van der Waals surface area contributed by atoms with Gasteiger partial charge >= 0.3 is 0 Å². The van der Waals surface area contributed by atoms with E-state index in [1.54, 1.807) is 36.4 Å². The molecular weight excluding hydrogens is 248 g/mol. The van der Waals surface area contributed by atoms with E-state index in [-0.39, 0.29) is 0 Å². The highest BCUT2D eigenvalue weighted by Gasteiger charge is 2.06. The van der Waals surface area contributed by atoms with Crippen LogP contribution < -0.4 is 10.5 Å². The van der Waals surface area contributed by atoms with Gasteiger partial charge in [0.2, 0.25) is 0 Å². The molecule has 0 amide bonds. The molecule has 0 aromatic heterocycles. The molecule has 0 aliphatic carbocycles. The molecule has 90 valence electrons. The van der Waals surface area contributed by atoms with Gasteiger partial charge in [0.25, 0.3) is 0 Å². The third kappa shape index (κ3) is 2.55. The van der Waals surface area contributed by atoms with Gasteiger partial charge in [-0.05, 0) is 42.8 Å². The molecule has 2 N–H and O–H groups in total. The van der Waals surface area contributed by atoms with Gasteiger partial charge in [-0.15, -0.1) is 0 Å². The van der Waals surface area contributed by atoms with Crippen molar-refractivity contribution in [2.45, 2.75) is 6.92 Å². The smallest absolute Gasteiger partial charge is 0.151 e. The largest absolute Gasteiger partial charge is 0.455 e. The Kier molecular flexibility index (Phi) is 3.40. The lowest BCUT2D eigenvalue weighted by molar-refractivity contribution is 0.481. The van der Waals surface area contributed by atoms with Gasteiger partial charge in [0.15, 0.2) is 5.75 Å². The Labute approximate surface area is 110 Å². The molecule has 0 radical (unpaired) electrons. The van der Waals surface area contributed by atoms with Crippen molar-refractivity contribution in [3.8, 4) is 17.6 Å². The first-order valence-electron chi connectivity index (χ1n) is 5.34.